The lowest BCUT2D eigenvalue weighted by atomic mass is 9.97. The van der Waals surface area contributed by atoms with Crippen LogP contribution >= 0.6 is 0 Å². The summed E-state index contributed by atoms with van der Waals surface area (Å²) in [5, 5.41) is 2.17. The van der Waals surface area contributed by atoms with Crippen molar-refractivity contribution < 1.29 is 12.3 Å². The molecule has 1 nitrogen and oxygen atoms in total. The van der Waals surface area contributed by atoms with Crippen molar-refractivity contribution in [2.75, 3.05) is 4.90 Å². The maximum Gasteiger partial charge on any atom is 0.0645 e. The summed E-state index contributed by atoms with van der Waals surface area (Å²) in [7, 11) is 0. The lowest BCUT2D eigenvalue weighted by Gasteiger charge is -2.28. The molecule has 0 saturated heterocycles. The van der Waals surface area contributed by atoms with Gasteiger partial charge in [-0.2, -0.15) is 0 Å². The molecule has 8 aromatic rings. The van der Waals surface area contributed by atoms with Crippen molar-refractivity contribution in [2.24, 2.45) is 0 Å². The summed E-state index contributed by atoms with van der Waals surface area (Å²) in [6.07, 6.45) is 0. The molecule has 0 aliphatic heterocycles. The lowest BCUT2D eigenvalue weighted by Crippen LogP contribution is -2.11. The minimum atomic E-state index is -0.624. The van der Waals surface area contributed by atoms with Crippen LogP contribution in [0.3, 0.4) is 0 Å². The van der Waals surface area contributed by atoms with Crippen molar-refractivity contribution in [3.63, 3.8) is 0 Å². The van der Waals surface area contributed by atoms with Gasteiger partial charge in [-0.05, 0) is 86.1 Å². The fourth-order valence-electron chi connectivity index (χ4n) is 5.89. The van der Waals surface area contributed by atoms with Gasteiger partial charge in [-0.3, -0.25) is 0 Å². The van der Waals surface area contributed by atoms with Crippen LogP contribution in [0.4, 0.5) is 17.1 Å². The van der Waals surface area contributed by atoms with Gasteiger partial charge in [0.1, 0.15) is 0 Å². The first-order chi connectivity index (χ1) is 27.0. The standard InChI is InChI=1S/C46H33N/c1-3-12-34(13-4-1)37-22-25-39(26-23-37)45-20-9-10-21-46(45)47(43-30-28-38(29-31-43)35-14-5-2-6-15-35)44-19-11-18-41(33-44)42-27-24-36-16-7-8-17-40(36)32-42/h1-33H/i2D,5D,6D,14D,15D,28D,29D,30D,31D. The third-order valence-corrected chi connectivity index (χ3v) is 8.22. The highest BCUT2D eigenvalue weighted by molar-refractivity contribution is 5.91. The van der Waals surface area contributed by atoms with E-state index in [9.17, 15) is 5.48 Å². The third-order valence-electron chi connectivity index (χ3n) is 8.22. The molecule has 0 amide bonds. The lowest BCUT2D eigenvalue weighted by molar-refractivity contribution is 1.28. The molecule has 0 bridgehead atoms. The summed E-state index contributed by atoms with van der Waals surface area (Å²) < 4.78 is 79.1. The fourth-order valence-corrected chi connectivity index (χ4v) is 5.89. The van der Waals surface area contributed by atoms with Crippen LogP contribution in [0.1, 0.15) is 12.3 Å². The molecule has 8 aromatic carbocycles. The van der Waals surface area contributed by atoms with Gasteiger partial charge in [0.05, 0.1) is 18.0 Å². The number of hydrogen-bond donors (Lipinski definition) is 0. The van der Waals surface area contributed by atoms with Gasteiger partial charge in [-0.1, -0.05) is 164 Å². The monoisotopic (exact) mass is 608 g/mol. The molecule has 222 valence electrons. The highest BCUT2D eigenvalue weighted by atomic mass is 15.1. The SMILES string of the molecule is [2H]c1c([2H])c([2H])c(-c2c([2H])c([2H])c(N(c3cccc(-c4ccc5ccccc5c4)c3)c3ccccc3-c3ccc(-c4ccccc4)cc3)c([2H])c2[2H])c([2H])c1[2H]. The number of fused-ring (bicyclic) bond motifs is 1. The first kappa shape index (κ1) is 20.0. The Morgan fingerprint density at radius 2 is 0.936 bits per heavy atom. The smallest absolute Gasteiger partial charge is 0.0645 e. The van der Waals surface area contributed by atoms with Gasteiger partial charge in [0.25, 0.3) is 0 Å². The average Bonchev–Trinajstić information content (AvgIpc) is 3.24. The Labute approximate surface area is 289 Å². The van der Waals surface area contributed by atoms with Gasteiger partial charge in [-0.15, -0.1) is 0 Å². The molecule has 0 atom stereocenters. The zero-order valence-electron chi connectivity index (χ0n) is 34.3. The highest BCUT2D eigenvalue weighted by Gasteiger charge is 2.18. The van der Waals surface area contributed by atoms with Gasteiger partial charge in [-0.25, -0.2) is 0 Å². The van der Waals surface area contributed by atoms with Gasteiger partial charge in [0.15, 0.2) is 0 Å². The van der Waals surface area contributed by atoms with Crippen LogP contribution < -0.4 is 4.90 Å². The van der Waals surface area contributed by atoms with E-state index in [1.165, 1.54) is 0 Å². The Bertz CT molecular complexity index is 2740. The zero-order chi connectivity index (χ0) is 39.2. The van der Waals surface area contributed by atoms with E-state index in [1.807, 2.05) is 121 Å². The van der Waals surface area contributed by atoms with Gasteiger partial charge in [0.2, 0.25) is 0 Å². The van der Waals surface area contributed by atoms with Crippen LogP contribution in [0, 0.1) is 0 Å². The van der Waals surface area contributed by atoms with E-state index in [0.29, 0.717) is 11.4 Å². The number of hydrogen-bond acceptors (Lipinski definition) is 1. The summed E-state index contributed by atoms with van der Waals surface area (Å²) >= 11 is 0. The van der Waals surface area contributed by atoms with Crippen molar-refractivity contribution in [3.8, 4) is 44.5 Å². The van der Waals surface area contributed by atoms with Crippen LogP contribution in [0.5, 0.6) is 0 Å². The Hall–Kier alpha value is -6.18. The van der Waals surface area contributed by atoms with Crippen LogP contribution in [0.2, 0.25) is 0 Å². The second kappa shape index (κ2) is 12.7. The van der Waals surface area contributed by atoms with Gasteiger partial charge >= 0.3 is 0 Å². The quantitative estimate of drug-likeness (QED) is 0.174. The van der Waals surface area contributed by atoms with Gasteiger partial charge in [0, 0.05) is 16.9 Å². The molecule has 0 fully saturated rings. The molecule has 0 aliphatic carbocycles. The molecule has 0 aromatic heterocycles. The summed E-state index contributed by atoms with van der Waals surface area (Å²) in [5.41, 5.74) is 5.92. The van der Waals surface area contributed by atoms with Crippen LogP contribution in [-0.4, -0.2) is 0 Å². The first-order valence-electron chi connectivity index (χ1n) is 19.9. The fraction of sp³-hybridized carbons (Fsp3) is 0. The normalized spacial score (nSPS) is 13.7. The third kappa shape index (κ3) is 5.83. The van der Waals surface area contributed by atoms with Crippen molar-refractivity contribution in [1.29, 1.82) is 0 Å². The number of benzene rings is 8. The molecular formula is C46H33N. The second-order valence-corrected chi connectivity index (χ2v) is 11.1. The topological polar surface area (TPSA) is 3.24 Å². The number of nitrogens with zero attached hydrogens (tertiary/aromatic N) is 1. The number of rotatable bonds is 7. The Morgan fingerprint density at radius 1 is 0.340 bits per heavy atom. The molecule has 0 aliphatic rings. The number of anilines is 3. The van der Waals surface area contributed by atoms with E-state index in [2.05, 4.69) is 24.3 Å². The first-order valence-corrected chi connectivity index (χ1v) is 15.4. The number of para-hydroxylation sites is 1. The molecule has 0 heterocycles. The molecule has 8 rings (SSSR count). The van der Waals surface area contributed by atoms with Crippen LogP contribution in [0.25, 0.3) is 55.3 Å². The molecule has 47 heavy (non-hydrogen) atoms. The molecule has 0 unspecified atom stereocenters. The summed E-state index contributed by atoms with van der Waals surface area (Å²) in [4.78, 5) is 1.72. The minimum Gasteiger partial charge on any atom is -0.310 e. The van der Waals surface area contributed by atoms with E-state index in [-0.39, 0.29) is 16.8 Å². The van der Waals surface area contributed by atoms with Crippen LogP contribution in [-0.2, 0) is 0 Å². The molecule has 0 saturated carbocycles. The minimum absolute atomic E-state index is 0.0554. The molecular weight excluding hydrogens is 567 g/mol. The molecule has 0 radical (unpaired) electrons. The molecule has 1 heteroatoms. The maximum absolute atomic E-state index is 9.46. The summed E-state index contributed by atoms with van der Waals surface area (Å²) in [5.74, 6) is 0. The molecule has 0 spiro atoms. The Balaban J connectivity index is 1.36. The van der Waals surface area contributed by atoms with Crippen molar-refractivity contribution in [3.05, 3.63) is 200 Å². The largest absolute Gasteiger partial charge is 0.310 e. The van der Waals surface area contributed by atoms with E-state index < -0.39 is 54.4 Å². The Kier molecular flexibility index (Phi) is 5.40. The van der Waals surface area contributed by atoms with Crippen molar-refractivity contribution in [1.82, 2.24) is 0 Å². The van der Waals surface area contributed by atoms with Crippen molar-refractivity contribution >= 4 is 27.8 Å². The molecule has 0 N–H and O–H groups in total. The zero-order valence-corrected chi connectivity index (χ0v) is 25.3. The van der Waals surface area contributed by atoms with Gasteiger partial charge < -0.3 is 4.90 Å². The average molecular weight is 609 g/mol. The maximum atomic E-state index is 9.46. The van der Waals surface area contributed by atoms with E-state index >= 15 is 0 Å². The predicted molar refractivity (Wildman–Crippen MR) is 200 cm³/mol. The van der Waals surface area contributed by atoms with Crippen LogP contribution in [0.15, 0.2) is 200 Å². The van der Waals surface area contributed by atoms with E-state index in [4.69, 9.17) is 6.85 Å². The predicted octanol–water partition coefficient (Wildman–Crippen LogP) is 13.0. The summed E-state index contributed by atoms with van der Waals surface area (Å²) in [6, 6.07) is 42.7. The van der Waals surface area contributed by atoms with E-state index in [0.717, 1.165) is 44.2 Å². The summed E-state index contributed by atoms with van der Waals surface area (Å²) in [6.45, 7) is 0. The second-order valence-electron chi connectivity index (χ2n) is 11.1. The Morgan fingerprint density at radius 3 is 1.74 bits per heavy atom. The highest BCUT2D eigenvalue weighted by Crippen LogP contribution is 2.42. The van der Waals surface area contributed by atoms with E-state index in [1.54, 1.807) is 4.90 Å². The van der Waals surface area contributed by atoms with Crippen molar-refractivity contribution in [2.45, 2.75) is 0 Å².